The summed E-state index contributed by atoms with van der Waals surface area (Å²) in [6.07, 6.45) is 0. The van der Waals surface area contributed by atoms with E-state index in [9.17, 15) is 18.4 Å². The van der Waals surface area contributed by atoms with Gasteiger partial charge in [-0.2, -0.15) is 0 Å². The molecule has 150 valence electrons. The summed E-state index contributed by atoms with van der Waals surface area (Å²) < 4.78 is 27.1. The van der Waals surface area contributed by atoms with Crippen molar-refractivity contribution in [3.8, 4) is 0 Å². The highest BCUT2D eigenvalue weighted by atomic mass is 19.1. The summed E-state index contributed by atoms with van der Waals surface area (Å²) in [6, 6.07) is 8.56. The van der Waals surface area contributed by atoms with Crippen LogP contribution < -0.4 is 15.1 Å². The number of carbonyl (C=O) groups is 2. The molecule has 2 rings (SSSR count). The summed E-state index contributed by atoms with van der Waals surface area (Å²) in [6.45, 7) is 8.61. The van der Waals surface area contributed by atoms with E-state index in [1.807, 2.05) is 19.1 Å². The van der Waals surface area contributed by atoms with E-state index in [0.717, 1.165) is 41.4 Å². The molecule has 2 aromatic carbocycles. The first kappa shape index (κ1) is 21.3. The number of aryl methyl sites for hydroxylation is 1. The molecule has 0 bridgehead atoms. The molecule has 2 aromatic rings. The first-order chi connectivity index (χ1) is 13.3. The monoisotopic (exact) mass is 389 g/mol. The maximum atomic E-state index is 14.0. The molecule has 0 atom stereocenters. The highest BCUT2D eigenvalue weighted by Gasteiger charge is 2.20. The Kier molecular flexibility index (Phi) is 7.09. The van der Waals surface area contributed by atoms with Crippen molar-refractivity contribution in [2.75, 3.05) is 34.8 Å². The van der Waals surface area contributed by atoms with Gasteiger partial charge in [0.25, 0.3) is 0 Å². The Labute approximate surface area is 163 Å². The smallest absolute Gasteiger partial charge is 0.244 e. The quantitative estimate of drug-likeness (QED) is 0.775. The number of anilines is 3. The van der Waals surface area contributed by atoms with Gasteiger partial charge in [-0.3, -0.25) is 9.59 Å². The van der Waals surface area contributed by atoms with Crippen molar-refractivity contribution in [2.45, 2.75) is 27.7 Å². The topological polar surface area (TPSA) is 52.7 Å². The van der Waals surface area contributed by atoms with Gasteiger partial charge in [0.2, 0.25) is 11.8 Å². The number of carbonyl (C=O) groups excluding carboxylic acids is 2. The summed E-state index contributed by atoms with van der Waals surface area (Å²) in [5.41, 5.74) is 2.40. The number of halogens is 2. The van der Waals surface area contributed by atoms with Crippen molar-refractivity contribution in [1.29, 1.82) is 0 Å². The van der Waals surface area contributed by atoms with Crippen LogP contribution in [0.4, 0.5) is 25.8 Å². The highest BCUT2D eigenvalue weighted by molar-refractivity contribution is 6.02. The first-order valence-corrected chi connectivity index (χ1v) is 9.15. The Morgan fingerprint density at radius 1 is 1.04 bits per heavy atom. The molecule has 0 fully saturated rings. The fraction of sp³-hybridized carbons (Fsp3) is 0.333. The molecule has 0 unspecified atom stereocenters. The standard InChI is InChI=1S/C21H25F2N3O2/c1-5-25(6-2)17-8-9-19(14(3)11-17)24-21(28)13-26(15(4)27)20-10-7-16(22)12-18(20)23/h7-12H,5-6,13H2,1-4H3,(H,24,28). The lowest BCUT2D eigenvalue weighted by molar-refractivity contribution is -0.120. The van der Waals surface area contributed by atoms with Crippen molar-refractivity contribution in [2.24, 2.45) is 0 Å². The number of benzene rings is 2. The fourth-order valence-electron chi connectivity index (χ4n) is 2.97. The number of hydrogen-bond donors (Lipinski definition) is 1. The van der Waals surface area contributed by atoms with Crippen LogP contribution in [0.1, 0.15) is 26.3 Å². The van der Waals surface area contributed by atoms with E-state index < -0.39 is 23.4 Å². The zero-order valence-electron chi connectivity index (χ0n) is 16.6. The summed E-state index contributed by atoms with van der Waals surface area (Å²) in [4.78, 5) is 27.5. The third-order valence-electron chi connectivity index (χ3n) is 4.50. The van der Waals surface area contributed by atoms with Crippen molar-refractivity contribution < 1.29 is 18.4 Å². The van der Waals surface area contributed by atoms with E-state index in [0.29, 0.717) is 11.8 Å². The molecular formula is C21H25F2N3O2. The molecule has 0 aliphatic carbocycles. The zero-order chi connectivity index (χ0) is 20.8. The molecule has 0 aliphatic heterocycles. The highest BCUT2D eigenvalue weighted by Crippen LogP contribution is 2.24. The van der Waals surface area contributed by atoms with E-state index in [1.165, 1.54) is 6.92 Å². The third-order valence-corrected chi connectivity index (χ3v) is 4.50. The lowest BCUT2D eigenvalue weighted by Gasteiger charge is -2.23. The lowest BCUT2D eigenvalue weighted by Crippen LogP contribution is -2.37. The van der Waals surface area contributed by atoms with Crippen LogP contribution in [0.25, 0.3) is 0 Å². The van der Waals surface area contributed by atoms with Crippen LogP contribution in [-0.4, -0.2) is 31.4 Å². The molecule has 0 saturated heterocycles. The van der Waals surface area contributed by atoms with Crippen LogP contribution >= 0.6 is 0 Å². The SMILES string of the molecule is CCN(CC)c1ccc(NC(=O)CN(C(C)=O)c2ccc(F)cc2F)c(C)c1. The third kappa shape index (κ3) is 5.06. The Morgan fingerprint density at radius 2 is 1.71 bits per heavy atom. The maximum Gasteiger partial charge on any atom is 0.244 e. The second-order valence-corrected chi connectivity index (χ2v) is 6.42. The van der Waals surface area contributed by atoms with Crippen LogP contribution in [0.3, 0.4) is 0 Å². The number of nitrogens with one attached hydrogen (secondary N) is 1. The Balaban J connectivity index is 2.16. The van der Waals surface area contributed by atoms with Crippen molar-refractivity contribution in [3.63, 3.8) is 0 Å². The van der Waals surface area contributed by atoms with Crippen LogP contribution in [0.5, 0.6) is 0 Å². The van der Waals surface area contributed by atoms with Crippen molar-refractivity contribution >= 4 is 28.9 Å². The number of hydrogen-bond acceptors (Lipinski definition) is 3. The molecule has 0 heterocycles. The van der Waals surface area contributed by atoms with Gasteiger partial charge in [-0.05, 0) is 56.7 Å². The van der Waals surface area contributed by atoms with E-state index in [2.05, 4.69) is 24.1 Å². The molecule has 1 N–H and O–H groups in total. The minimum absolute atomic E-state index is 0.141. The predicted molar refractivity (Wildman–Crippen MR) is 108 cm³/mol. The predicted octanol–water partition coefficient (Wildman–Crippen LogP) is 4.11. The van der Waals surface area contributed by atoms with Gasteiger partial charge < -0.3 is 15.1 Å². The van der Waals surface area contributed by atoms with E-state index in [-0.39, 0.29) is 12.2 Å². The molecule has 0 saturated carbocycles. The van der Waals surface area contributed by atoms with E-state index in [1.54, 1.807) is 6.07 Å². The Bertz CT molecular complexity index is 867. The van der Waals surface area contributed by atoms with E-state index >= 15 is 0 Å². The van der Waals surface area contributed by atoms with Crippen molar-refractivity contribution in [3.05, 3.63) is 53.6 Å². The number of rotatable bonds is 7. The summed E-state index contributed by atoms with van der Waals surface area (Å²) >= 11 is 0. The normalized spacial score (nSPS) is 10.5. The average molecular weight is 389 g/mol. The Hall–Kier alpha value is -2.96. The first-order valence-electron chi connectivity index (χ1n) is 9.15. The van der Waals surface area contributed by atoms with Gasteiger partial charge in [-0.15, -0.1) is 0 Å². The summed E-state index contributed by atoms with van der Waals surface area (Å²) in [5, 5.41) is 2.75. The molecule has 7 heteroatoms. The van der Waals surface area contributed by atoms with Crippen LogP contribution in [0.2, 0.25) is 0 Å². The van der Waals surface area contributed by atoms with Gasteiger partial charge in [-0.1, -0.05) is 0 Å². The number of amides is 2. The molecule has 5 nitrogen and oxygen atoms in total. The average Bonchev–Trinajstić information content (AvgIpc) is 2.63. The second-order valence-electron chi connectivity index (χ2n) is 6.42. The summed E-state index contributed by atoms with van der Waals surface area (Å²) in [7, 11) is 0. The molecule has 0 aliphatic rings. The van der Waals surface area contributed by atoms with Crippen molar-refractivity contribution in [1.82, 2.24) is 0 Å². The minimum Gasteiger partial charge on any atom is -0.372 e. The van der Waals surface area contributed by atoms with Gasteiger partial charge in [0.1, 0.15) is 18.2 Å². The van der Waals surface area contributed by atoms with Gasteiger partial charge in [-0.25, -0.2) is 8.78 Å². The fourth-order valence-corrected chi connectivity index (χ4v) is 2.97. The summed E-state index contributed by atoms with van der Waals surface area (Å²) in [5.74, 6) is -2.65. The van der Waals surface area contributed by atoms with Gasteiger partial charge in [0.05, 0.1) is 5.69 Å². The van der Waals surface area contributed by atoms with Gasteiger partial charge in [0.15, 0.2) is 0 Å². The molecule has 0 radical (unpaired) electrons. The Morgan fingerprint density at radius 3 is 2.25 bits per heavy atom. The zero-order valence-corrected chi connectivity index (χ0v) is 16.6. The van der Waals surface area contributed by atoms with E-state index in [4.69, 9.17) is 0 Å². The van der Waals surface area contributed by atoms with Gasteiger partial charge >= 0.3 is 0 Å². The van der Waals surface area contributed by atoms with Crippen LogP contribution in [0.15, 0.2) is 36.4 Å². The molecule has 28 heavy (non-hydrogen) atoms. The second kappa shape index (κ2) is 9.30. The minimum atomic E-state index is -0.900. The molecule has 2 amide bonds. The lowest BCUT2D eigenvalue weighted by atomic mass is 10.1. The maximum absolute atomic E-state index is 14.0. The van der Waals surface area contributed by atoms with Crippen LogP contribution in [0, 0.1) is 18.6 Å². The van der Waals surface area contributed by atoms with Crippen LogP contribution in [-0.2, 0) is 9.59 Å². The number of nitrogens with zero attached hydrogens (tertiary/aromatic N) is 2. The molecule has 0 aromatic heterocycles. The van der Waals surface area contributed by atoms with Gasteiger partial charge in [0, 0.05) is 37.5 Å². The molecular weight excluding hydrogens is 364 g/mol. The molecule has 0 spiro atoms. The largest absolute Gasteiger partial charge is 0.372 e.